The van der Waals surface area contributed by atoms with E-state index < -0.39 is 77.9 Å². The minimum atomic E-state index is -4.64. The molecule has 6 amide bonds. The summed E-state index contributed by atoms with van der Waals surface area (Å²) in [5.41, 5.74) is 11.7. The zero-order valence-corrected chi connectivity index (χ0v) is 30.7. The summed E-state index contributed by atoms with van der Waals surface area (Å²) >= 11 is 0. The predicted octanol–water partition coefficient (Wildman–Crippen LogP) is 2.87. The molecule has 4 atom stereocenters. The molecular weight excluding hydrogens is 719 g/mol. The summed E-state index contributed by atoms with van der Waals surface area (Å²) in [6, 6.07) is 3.93. The quantitative estimate of drug-likeness (QED) is 0.0847. The molecule has 16 nitrogen and oxygen atoms in total. The number of carbonyl (C=O) groups is 7. The van der Waals surface area contributed by atoms with Crippen molar-refractivity contribution in [3.8, 4) is 0 Å². The Morgan fingerprint density at radius 3 is 1.76 bits per heavy atom. The number of unbranched alkanes of at least 4 members (excludes halogenated alkanes) is 2. The van der Waals surface area contributed by atoms with Gasteiger partial charge in [0.25, 0.3) is 0 Å². The van der Waals surface area contributed by atoms with E-state index in [9.17, 15) is 51.8 Å². The van der Waals surface area contributed by atoms with Crippen LogP contribution in [0.3, 0.4) is 0 Å². The number of benzene rings is 1. The third-order valence-electron chi connectivity index (χ3n) is 7.49. The Morgan fingerprint density at radius 1 is 0.778 bits per heavy atom. The lowest BCUT2D eigenvalue weighted by Crippen LogP contribution is -2.59. The second-order valence-electron chi connectivity index (χ2n) is 12.7. The number of rotatable bonds is 21. The Labute approximate surface area is 314 Å². The number of nitrogens with two attached hydrogens (primary N) is 2. The normalized spacial score (nSPS) is 13.0. The van der Waals surface area contributed by atoms with Crippen molar-refractivity contribution in [1.82, 2.24) is 26.6 Å². The summed E-state index contributed by atoms with van der Waals surface area (Å²) in [4.78, 5) is 84.2. The van der Waals surface area contributed by atoms with Crippen LogP contribution in [0.15, 0.2) is 30.3 Å². The molecule has 0 spiro atoms. The first-order valence-corrected chi connectivity index (χ1v) is 17.1. The van der Waals surface area contributed by atoms with Gasteiger partial charge < -0.3 is 47.9 Å². The average Bonchev–Trinajstić information content (AvgIpc) is 3.07. The van der Waals surface area contributed by atoms with E-state index in [-0.39, 0.29) is 39.3 Å². The van der Waals surface area contributed by atoms with Crippen LogP contribution in [0, 0.1) is 11.8 Å². The number of carboxylic acid groups (broad SMARTS) is 1. The molecule has 2 unspecified atom stereocenters. The van der Waals surface area contributed by atoms with Gasteiger partial charge >= 0.3 is 24.3 Å². The molecule has 0 heterocycles. The van der Waals surface area contributed by atoms with Crippen LogP contribution < -0.4 is 38.1 Å². The Hall–Kier alpha value is -4.94. The highest BCUT2D eigenvalue weighted by Crippen LogP contribution is 2.14. The first-order chi connectivity index (χ1) is 24.7. The van der Waals surface area contributed by atoms with Gasteiger partial charge in [-0.25, -0.2) is 14.4 Å². The molecule has 0 radical (unpaired) electrons. The molecule has 0 aliphatic rings. The number of ketones is 1. The minimum Gasteiger partial charge on any atom is -0.480 e. The zero-order chi connectivity index (χ0) is 40.7. The second kappa shape index (κ2) is 26.8. The van der Waals surface area contributed by atoms with Gasteiger partial charge in [0, 0.05) is 13.5 Å². The average molecular weight is 778 g/mol. The maximum atomic E-state index is 13.4. The van der Waals surface area contributed by atoms with Crippen molar-refractivity contribution >= 4 is 41.6 Å². The predicted molar refractivity (Wildman–Crippen MR) is 194 cm³/mol. The number of nitrogens with one attached hydrogen (secondary N) is 5. The highest BCUT2D eigenvalue weighted by atomic mass is 19.4. The van der Waals surface area contributed by atoms with Crippen LogP contribution in [0.1, 0.15) is 86.1 Å². The van der Waals surface area contributed by atoms with Crippen molar-refractivity contribution in [1.29, 1.82) is 0 Å². The SMILES string of the molecule is C.CC(=O)C(F)(F)F.CC(C)C(NC(=O)C(NC(=O)[C@@H](CCCCNC(=O)OCc1ccccc1)NC(=O)N[C@@H](CCCCN)C(=O)O)C(C)C)C(N)=O. The van der Waals surface area contributed by atoms with E-state index in [1.54, 1.807) is 27.7 Å². The van der Waals surface area contributed by atoms with Crippen LogP contribution in [0.5, 0.6) is 0 Å². The van der Waals surface area contributed by atoms with Crippen molar-refractivity contribution < 1.29 is 56.6 Å². The molecule has 0 bridgehead atoms. The van der Waals surface area contributed by atoms with Crippen molar-refractivity contribution in [2.45, 2.75) is 118 Å². The second-order valence-corrected chi connectivity index (χ2v) is 12.7. The maximum absolute atomic E-state index is 13.4. The highest BCUT2D eigenvalue weighted by Gasteiger charge is 2.34. The summed E-state index contributed by atoms with van der Waals surface area (Å²) < 4.78 is 37.7. The monoisotopic (exact) mass is 777 g/mol. The van der Waals surface area contributed by atoms with E-state index in [2.05, 4.69) is 26.6 Å². The molecule has 1 aromatic carbocycles. The number of Topliss-reactive ketones (excluding diaryl/α,β-unsaturated/α-hetero) is 1. The third-order valence-corrected chi connectivity index (χ3v) is 7.49. The number of hydrogen-bond acceptors (Lipinski definition) is 9. The van der Waals surface area contributed by atoms with Crippen LogP contribution in [0.25, 0.3) is 0 Å². The van der Waals surface area contributed by atoms with Crippen molar-refractivity contribution in [2.75, 3.05) is 13.1 Å². The Morgan fingerprint density at radius 2 is 1.28 bits per heavy atom. The fourth-order valence-electron chi connectivity index (χ4n) is 4.41. The number of carboxylic acids is 1. The molecule has 0 aliphatic heterocycles. The molecule has 0 fully saturated rings. The van der Waals surface area contributed by atoms with Gasteiger partial charge in [0.1, 0.15) is 30.8 Å². The van der Waals surface area contributed by atoms with Gasteiger partial charge in [-0.3, -0.25) is 19.2 Å². The molecule has 0 saturated heterocycles. The van der Waals surface area contributed by atoms with Gasteiger partial charge in [0.05, 0.1) is 0 Å². The molecule has 1 rings (SSSR count). The lowest BCUT2D eigenvalue weighted by molar-refractivity contribution is -0.168. The molecule has 1 aromatic rings. The van der Waals surface area contributed by atoms with E-state index in [0.29, 0.717) is 39.2 Å². The van der Waals surface area contributed by atoms with Gasteiger partial charge in [0.15, 0.2) is 0 Å². The van der Waals surface area contributed by atoms with Gasteiger partial charge in [-0.05, 0) is 62.5 Å². The van der Waals surface area contributed by atoms with E-state index in [1.807, 2.05) is 30.3 Å². The van der Waals surface area contributed by atoms with E-state index in [4.69, 9.17) is 16.2 Å². The standard InChI is InChI=1S/C31H51N7O8.C3H3F3O.CH4/c1-19(2)24(26(33)39)37-28(41)25(20(3)4)38-27(40)22(35-30(44)36-23(29(42)43)15-8-10-16-32)14-9-11-17-34-31(45)46-18-21-12-6-5-7-13-21;1-2(7)3(4,5)6;/h5-7,12-13,19-20,22-25H,8-11,14-18,32H2,1-4H3,(H2,33,39)(H,34,45)(H,37,41)(H,38,40)(H,42,43)(H2,35,36,44);1H3;1H4/t22-,23+,24?,25?;;/m1../s1. The lowest BCUT2D eigenvalue weighted by atomic mass is 9.99. The highest BCUT2D eigenvalue weighted by molar-refractivity contribution is 5.94. The molecule has 0 saturated carbocycles. The maximum Gasteiger partial charge on any atom is 0.449 e. The van der Waals surface area contributed by atoms with Gasteiger partial charge in [0.2, 0.25) is 23.5 Å². The molecule has 308 valence electrons. The summed E-state index contributed by atoms with van der Waals surface area (Å²) in [7, 11) is 0. The first-order valence-electron chi connectivity index (χ1n) is 17.1. The number of ether oxygens (including phenoxy) is 1. The van der Waals surface area contributed by atoms with Gasteiger partial charge in [-0.2, -0.15) is 13.2 Å². The van der Waals surface area contributed by atoms with Crippen molar-refractivity contribution in [3.63, 3.8) is 0 Å². The van der Waals surface area contributed by atoms with Gasteiger partial charge in [-0.15, -0.1) is 0 Å². The molecular formula is C35H58F3N7O9. The van der Waals surface area contributed by atoms with Gasteiger partial charge in [-0.1, -0.05) is 65.5 Å². The smallest absolute Gasteiger partial charge is 0.449 e. The van der Waals surface area contributed by atoms with Crippen molar-refractivity contribution in [2.24, 2.45) is 23.3 Å². The molecule has 0 aromatic heterocycles. The number of urea groups is 1. The van der Waals surface area contributed by atoms with E-state index in [1.165, 1.54) is 0 Å². The zero-order valence-electron chi connectivity index (χ0n) is 30.7. The van der Waals surface area contributed by atoms with Crippen LogP contribution in [0.2, 0.25) is 0 Å². The molecule has 54 heavy (non-hydrogen) atoms. The Kier molecular flexibility index (Phi) is 25.4. The number of carbonyl (C=O) groups excluding carboxylic acids is 6. The van der Waals surface area contributed by atoms with Crippen molar-refractivity contribution in [3.05, 3.63) is 35.9 Å². The van der Waals surface area contributed by atoms with E-state index in [0.717, 1.165) is 5.56 Å². The number of amides is 6. The number of aliphatic carboxylic acids is 1. The fraction of sp³-hybridized carbons (Fsp3) is 0.629. The van der Waals surface area contributed by atoms with Crippen LogP contribution >= 0.6 is 0 Å². The van der Waals surface area contributed by atoms with E-state index >= 15 is 0 Å². The van der Waals surface area contributed by atoms with Crippen LogP contribution in [0.4, 0.5) is 22.8 Å². The number of hydrogen-bond donors (Lipinski definition) is 8. The van der Waals surface area contributed by atoms with Crippen LogP contribution in [-0.2, 0) is 35.3 Å². The third kappa shape index (κ3) is 22.2. The molecule has 10 N–H and O–H groups in total. The number of halogens is 3. The molecule has 19 heteroatoms. The summed E-state index contributed by atoms with van der Waals surface area (Å²) in [5.74, 6) is -5.70. The lowest BCUT2D eigenvalue weighted by Gasteiger charge is -2.28. The number of alkyl carbamates (subject to hydrolysis) is 1. The Bertz CT molecular complexity index is 1330. The fourth-order valence-corrected chi connectivity index (χ4v) is 4.41. The summed E-state index contributed by atoms with van der Waals surface area (Å²) in [5, 5.41) is 22.3. The first kappa shape index (κ1) is 51.2. The van der Waals surface area contributed by atoms with Crippen LogP contribution in [-0.4, -0.2) is 90.1 Å². The largest absolute Gasteiger partial charge is 0.480 e. The number of alkyl halides is 3. The topological polar surface area (TPSA) is 261 Å². The number of primary amides is 1. The summed E-state index contributed by atoms with van der Waals surface area (Å²) in [6.07, 6.45) is -3.14. The summed E-state index contributed by atoms with van der Waals surface area (Å²) in [6.45, 7) is 8.05. The molecule has 0 aliphatic carbocycles. The minimum absolute atomic E-state index is 0. The Balaban J connectivity index is 0.